The zero-order valence-electron chi connectivity index (χ0n) is 12.0. The number of phenolic OH excluding ortho intramolecular Hbond substituents is 1. The summed E-state index contributed by atoms with van der Waals surface area (Å²) in [5.41, 5.74) is 2.16. The minimum absolute atomic E-state index is 0.0971. The molecular formula is C15H13F4N3O. The van der Waals surface area contributed by atoms with Crippen LogP contribution in [0.2, 0.25) is 0 Å². The highest BCUT2D eigenvalue weighted by molar-refractivity contribution is 6.02. The normalized spacial score (nSPS) is 12.3. The van der Waals surface area contributed by atoms with Crippen molar-refractivity contribution >= 4 is 11.5 Å². The van der Waals surface area contributed by atoms with E-state index in [9.17, 15) is 22.7 Å². The number of benzene rings is 1. The van der Waals surface area contributed by atoms with E-state index < -0.39 is 17.6 Å². The lowest BCUT2D eigenvalue weighted by Gasteiger charge is -2.09. The monoisotopic (exact) mass is 327 g/mol. The maximum Gasteiger partial charge on any atom is 0.417 e. The van der Waals surface area contributed by atoms with Gasteiger partial charge in [-0.25, -0.2) is 9.37 Å². The molecule has 0 saturated carbocycles. The van der Waals surface area contributed by atoms with E-state index in [2.05, 4.69) is 15.5 Å². The molecule has 0 spiro atoms. The summed E-state index contributed by atoms with van der Waals surface area (Å²) in [6.07, 6.45) is -3.41. The second kappa shape index (κ2) is 6.64. The molecule has 1 heterocycles. The van der Waals surface area contributed by atoms with Gasteiger partial charge in [0.2, 0.25) is 0 Å². The van der Waals surface area contributed by atoms with Crippen LogP contribution in [-0.2, 0) is 6.18 Å². The van der Waals surface area contributed by atoms with Crippen molar-refractivity contribution in [3.63, 3.8) is 0 Å². The SMILES string of the molecule is CC/C(=N\Nc1ccc(C(F)(F)F)cn1)c1cc(F)ccc1O. The average Bonchev–Trinajstić information content (AvgIpc) is 2.50. The molecule has 0 unspecified atom stereocenters. The van der Waals surface area contributed by atoms with Crippen LogP contribution in [0.15, 0.2) is 41.6 Å². The van der Waals surface area contributed by atoms with Crippen molar-refractivity contribution < 1.29 is 22.7 Å². The number of pyridine rings is 1. The molecule has 2 N–H and O–H groups in total. The molecule has 2 aromatic rings. The third-order valence-electron chi connectivity index (χ3n) is 3.00. The second-order valence-electron chi connectivity index (χ2n) is 4.62. The Balaban J connectivity index is 2.21. The summed E-state index contributed by atoms with van der Waals surface area (Å²) < 4.78 is 50.6. The summed E-state index contributed by atoms with van der Waals surface area (Å²) in [5, 5.41) is 13.7. The number of aromatic hydroxyl groups is 1. The van der Waals surface area contributed by atoms with Gasteiger partial charge in [0.15, 0.2) is 0 Å². The molecule has 23 heavy (non-hydrogen) atoms. The number of nitrogens with zero attached hydrogens (tertiary/aromatic N) is 2. The van der Waals surface area contributed by atoms with Crippen molar-refractivity contribution in [2.75, 3.05) is 5.43 Å². The number of rotatable bonds is 4. The minimum Gasteiger partial charge on any atom is -0.507 e. The van der Waals surface area contributed by atoms with Crippen molar-refractivity contribution in [3.8, 4) is 5.75 Å². The van der Waals surface area contributed by atoms with Gasteiger partial charge in [0.25, 0.3) is 0 Å². The molecule has 0 bridgehead atoms. The van der Waals surface area contributed by atoms with Crippen LogP contribution in [0.3, 0.4) is 0 Å². The lowest BCUT2D eigenvalue weighted by Crippen LogP contribution is -2.07. The Labute approximate surface area is 129 Å². The first-order chi connectivity index (χ1) is 10.8. The molecular weight excluding hydrogens is 314 g/mol. The summed E-state index contributed by atoms with van der Waals surface area (Å²) in [6, 6.07) is 5.43. The molecule has 8 heteroatoms. The topological polar surface area (TPSA) is 57.5 Å². The third-order valence-corrected chi connectivity index (χ3v) is 3.00. The first-order valence-corrected chi connectivity index (χ1v) is 6.66. The zero-order chi connectivity index (χ0) is 17.0. The van der Waals surface area contributed by atoms with E-state index in [1.54, 1.807) is 6.92 Å². The summed E-state index contributed by atoms with van der Waals surface area (Å²) in [7, 11) is 0. The van der Waals surface area contributed by atoms with Crippen molar-refractivity contribution in [2.45, 2.75) is 19.5 Å². The minimum atomic E-state index is -4.46. The molecule has 4 nitrogen and oxygen atoms in total. The molecule has 1 aromatic heterocycles. The fourth-order valence-corrected chi connectivity index (χ4v) is 1.82. The van der Waals surface area contributed by atoms with Gasteiger partial charge < -0.3 is 5.11 Å². The Kier molecular flexibility index (Phi) is 4.83. The predicted molar refractivity (Wildman–Crippen MR) is 77.8 cm³/mol. The van der Waals surface area contributed by atoms with E-state index in [1.807, 2.05) is 0 Å². The van der Waals surface area contributed by atoms with Gasteiger partial charge >= 0.3 is 6.18 Å². The Morgan fingerprint density at radius 3 is 2.57 bits per heavy atom. The van der Waals surface area contributed by atoms with Crippen LogP contribution in [0.4, 0.5) is 23.4 Å². The largest absolute Gasteiger partial charge is 0.507 e. The van der Waals surface area contributed by atoms with Crippen molar-refractivity contribution in [3.05, 3.63) is 53.5 Å². The molecule has 0 aliphatic heterocycles. The molecule has 0 fully saturated rings. The standard InChI is InChI=1S/C15H13F4N3O/c1-2-12(11-7-10(16)4-5-13(11)23)21-22-14-6-3-9(8-20-14)15(17,18)19/h3-8,23H,2H2,1H3,(H,20,22)/b21-12+. The number of alkyl halides is 3. The summed E-state index contributed by atoms with van der Waals surface area (Å²) >= 11 is 0. The van der Waals surface area contributed by atoms with Gasteiger partial charge in [0, 0.05) is 11.8 Å². The number of aromatic nitrogens is 1. The highest BCUT2D eigenvalue weighted by atomic mass is 19.4. The van der Waals surface area contributed by atoms with Gasteiger partial charge in [0.1, 0.15) is 17.4 Å². The maximum absolute atomic E-state index is 13.3. The fraction of sp³-hybridized carbons (Fsp3) is 0.200. The van der Waals surface area contributed by atoms with E-state index in [4.69, 9.17) is 0 Å². The fourth-order valence-electron chi connectivity index (χ4n) is 1.82. The molecule has 2 rings (SSSR count). The number of hydrogen-bond donors (Lipinski definition) is 2. The first-order valence-electron chi connectivity index (χ1n) is 6.66. The third kappa shape index (κ3) is 4.18. The molecule has 0 saturated heterocycles. The number of anilines is 1. The quantitative estimate of drug-likeness (QED) is 0.503. The Hall–Kier alpha value is -2.64. The first kappa shape index (κ1) is 16.7. The highest BCUT2D eigenvalue weighted by Gasteiger charge is 2.30. The van der Waals surface area contributed by atoms with Gasteiger partial charge in [-0.1, -0.05) is 6.92 Å². The highest BCUT2D eigenvalue weighted by Crippen LogP contribution is 2.29. The summed E-state index contributed by atoms with van der Waals surface area (Å²) in [6.45, 7) is 1.74. The summed E-state index contributed by atoms with van der Waals surface area (Å²) in [5.74, 6) is -0.583. The Morgan fingerprint density at radius 1 is 1.26 bits per heavy atom. The predicted octanol–water partition coefficient (Wildman–Crippen LogP) is 4.17. The number of phenols is 1. The number of hydrazone groups is 1. The Bertz CT molecular complexity index is 712. The molecule has 0 atom stereocenters. The van der Waals surface area contributed by atoms with Gasteiger partial charge in [-0.3, -0.25) is 5.43 Å². The van der Waals surface area contributed by atoms with Gasteiger partial charge in [-0.2, -0.15) is 18.3 Å². The van der Waals surface area contributed by atoms with E-state index >= 15 is 0 Å². The number of nitrogens with one attached hydrogen (secondary N) is 1. The van der Waals surface area contributed by atoms with Crippen molar-refractivity contribution in [1.82, 2.24) is 4.98 Å². The van der Waals surface area contributed by atoms with Crippen LogP contribution in [0, 0.1) is 5.82 Å². The number of hydrogen-bond acceptors (Lipinski definition) is 4. The van der Waals surface area contributed by atoms with E-state index in [0.29, 0.717) is 18.3 Å². The maximum atomic E-state index is 13.3. The van der Waals surface area contributed by atoms with Crippen LogP contribution in [0.1, 0.15) is 24.5 Å². The second-order valence-corrected chi connectivity index (χ2v) is 4.62. The van der Waals surface area contributed by atoms with Gasteiger partial charge in [0.05, 0.1) is 11.3 Å². The van der Waals surface area contributed by atoms with Crippen molar-refractivity contribution in [2.24, 2.45) is 5.10 Å². The van der Waals surface area contributed by atoms with Gasteiger partial charge in [-0.15, -0.1) is 0 Å². The van der Waals surface area contributed by atoms with Crippen LogP contribution in [-0.4, -0.2) is 15.8 Å². The molecule has 0 aliphatic rings. The molecule has 122 valence electrons. The summed E-state index contributed by atoms with van der Waals surface area (Å²) in [4.78, 5) is 3.61. The van der Waals surface area contributed by atoms with Crippen molar-refractivity contribution in [1.29, 1.82) is 0 Å². The van der Waals surface area contributed by atoms with Crippen LogP contribution < -0.4 is 5.43 Å². The van der Waals surface area contributed by atoms with E-state index in [0.717, 1.165) is 24.3 Å². The number of halogens is 4. The van der Waals surface area contributed by atoms with Crippen LogP contribution in [0.5, 0.6) is 5.75 Å². The smallest absolute Gasteiger partial charge is 0.417 e. The molecule has 0 radical (unpaired) electrons. The van der Waals surface area contributed by atoms with E-state index in [-0.39, 0.29) is 17.1 Å². The average molecular weight is 327 g/mol. The van der Waals surface area contributed by atoms with Crippen LogP contribution in [0.25, 0.3) is 0 Å². The lowest BCUT2D eigenvalue weighted by molar-refractivity contribution is -0.137. The van der Waals surface area contributed by atoms with Gasteiger partial charge in [-0.05, 0) is 36.8 Å². The Morgan fingerprint density at radius 2 is 2.00 bits per heavy atom. The molecule has 0 aliphatic carbocycles. The lowest BCUT2D eigenvalue weighted by atomic mass is 10.1. The van der Waals surface area contributed by atoms with E-state index in [1.165, 1.54) is 6.07 Å². The van der Waals surface area contributed by atoms with Crippen LogP contribution >= 0.6 is 0 Å². The zero-order valence-corrected chi connectivity index (χ0v) is 12.0. The molecule has 1 aromatic carbocycles. The molecule has 0 amide bonds.